The highest BCUT2D eigenvalue weighted by Gasteiger charge is 2.80. The number of hydrogen-bond acceptors (Lipinski definition) is 4. The van der Waals surface area contributed by atoms with Crippen LogP contribution in [0.2, 0.25) is 0 Å². The van der Waals surface area contributed by atoms with Crippen LogP contribution < -0.4 is 0 Å². The van der Waals surface area contributed by atoms with Gasteiger partial charge in [0.25, 0.3) is 0 Å². The number of nitrogens with zero attached hydrogens (tertiary/aromatic N) is 1. The van der Waals surface area contributed by atoms with Gasteiger partial charge >= 0.3 is 11.9 Å². The Morgan fingerprint density at radius 2 is 1.89 bits per heavy atom. The van der Waals surface area contributed by atoms with E-state index in [1.165, 1.54) is 0 Å². The van der Waals surface area contributed by atoms with Gasteiger partial charge in [0.2, 0.25) is 0 Å². The van der Waals surface area contributed by atoms with E-state index in [-0.39, 0.29) is 6.42 Å². The molecule has 1 saturated heterocycles. The highest BCUT2D eigenvalue weighted by atomic mass is 16.4. The van der Waals surface area contributed by atoms with Crippen molar-refractivity contribution in [3.05, 3.63) is 24.2 Å². The second-order valence-corrected chi connectivity index (χ2v) is 5.23. The lowest BCUT2D eigenvalue weighted by Gasteiger charge is -2.18. The highest BCUT2D eigenvalue weighted by Crippen LogP contribution is 2.68. The fourth-order valence-corrected chi connectivity index (χ4v) is 3.15. The van der Waals surface area contributed by atoms with Crippen molar-refractivity contribution in [2.45, 2.75) is 13.0 Å². The Kier molecular flexibility index (Phi) is 2.10. The van der Waals surface area contributed by atoms with Gasteiger partial charge < -0.3 is 14.6 Å². The number of furan rings is 1. The normalized spacial score (nSPS) is 34.2. The van der Waals surface area contributed by atoms with Gasteiger partial charge in [0, 0.05) is 25.2 Å². The first-order valence-corrected chi connectivity index (χ1v) is 5.70. The molecule has 1 aromatic rings. The summed E-state index contributed by atoms with van der Waals surface area (Å²) in [5.41, 5.74) is -1.26. The zero-order chi connectivity index (χ0) is 13.0. The summed E-state index contributed by atoms with van der Waals surface area (Å²) in [5, 5.41) is 18.5. The van der Waals surface area contributed by atoms with Gasteiger partial charge in [-0.2, -0.15) is 0 Å². The second kappa shape index (κ2) is 3.35. The minimum absolute atomic E-state index is 0.243. The lowest BCUT2D eigenvalue weighted by molar-refractivity contribution is -0.151. The summed E-state index contributed by atoms with van der Waals surface area (Å²) < 4.78 is 4.95. The average molecular weight is 251 g/mol. The van der Waals surface area contributed by atoms with E-state index < -0.39 is 22.8 Å². The van der Waals surface area contributed by atoms with Crippen molar-refractivity contribution < 1.29 is 24.2 Å². The molecule has 96 valence electrons. The standard InChI is InChI=1S/C12H13NO5/c14-9(15)11-5-12(11,10(16)17)7-13(6-11)3-8-1-2-18-4-8/h1-2,4H,3,5-7H2,(H,14,15)(H,16,17)/t11-,12+. The molecular weight excluding hydrogens is 238 g/mol. The van der Waals surface area contributed by atoms with Crippen molar-refractivity contribution in [1.82, 2.24) is 4.90 Å². The number of piperidine rings is 1. The predicted octanol–water partition coefficient (Wildman–Crippen LogP) is 0.641. The molecule has 0 aromatic carbocycles. The highest BCUT2D eigenvalue weighted by molar-refractivity contribution is 5.94. The molecule has 0 radical (unpaired) electrons. The van der Waals surface area contributed by atoms with Gasteiger partial charge in [-0.05, 0) is 12.5 Å². The number of fused-ring (bicyclic) bond motifs is 1. The maximum Gasteiger partial charge on any atom is 0.312 e. The monoisotopic (exact) mass is 251 g/mol. The number of likely N-dealkylation sites (tertiary alicyclic amines) is 1. The van der Waals surface area contributed by atoms with Crippen molar-refractivity contribution in [3.63, 3.8) is 0 Å². The predicted molar refractivity (Wildman–Crippen MR) is 58.7 cm³/mol. The summed E-state index contributed by atoms with van der Waals surface area (Å²) in [4.78, 5) is 24.5. The zero-order valence-electron chi connectivity index (χ0n) is 9.63. The van der Waals surface area contributed by atoms with Crippen molar-refractivity contribution in [2.75, 3.05) is 13.1 Å². The summed E-state index contributed by atoms with van der Waals surface area (Å²) in [5.74, 6) is -2.00. The molecule has 2 atom stereocenters. The molecule has 2 heterocycles. The maximum atomic E-state index is 11.3. The van der Waals surface area contributed by atoms with Crippen LogP contribution >= 0.6 is 0 Å². The zero-order valence-corrected chi connectivity index (χ0v) is 9.63. The third-order valence-corrected chi connectivity index (χ3v) is 4.19. The number of carbonyl (C=O) groups is 2. The Bertz CT molecular complexity index is 483. The summed E-state index contributed by atoms with van der Waals surface area (Å²) in [6.45, 7) is 1.11. The summed E-state index contributed by atoms with van der Waals surface area (Å²) >= 11 is 0. The van der Waals surface area contributed by atoms with E-state index in [1.807, 2.05) is 4.90 Å². The lowest BCUT2D eigenvalue weighted by atomic mass is 9.97. The third kappa shape index (κ3) is 1.26. The summed E-state index contributed by atoms with van der Waals surface area (Å²) in [6.07, 6.45) is 3.38. The van der Waals surface area contributed by atoms with Crippen LogP contribution in [-0.2, 0) is 16.1 Å². The van der Waals surface area contributed by atoms with Crippen molar-refractivity contribution in [2.24, 2.45) is 10.8 Å². The number of carboxylic acids is 2. The van der Waals surface area contributed by atoms with Gasteiger partial charge in [0.1, 0.15) is 0 Å². The molecule has 1 aliphatic heterocycles. The van der Waals surface area contributed by atoms with Gasteiger partial charge in [0.15, 0.2) is 0 Å². The minimum Gasteiger partial charge on any atom is -0.481 e. The Labute approximate surface area is 103 Å². The van der Waals surface area contributed by atoms with Crippen LogP contribution in [-0.4, -0.2) is 40.1 Å². The number of hydrogen-bond donors (Lipinski definition) is 2. The van der Waals surface area contributed by atoms with Crippen LogP contribution in [0.5, 0.6) is 0 Å². The maximum absolute atomic E-state index is 11.3. The summed E-state index contributed by atoms with van der Waals surface area (Å²) in [7, 11) is 0. The largest absolute Gasteiger partial charge is 0.481 e. The third-order valence-electron chi connectivity index (χ3n) is 4.19. The molecule has 0 bridgehead atoms. The fourth-order valence-electron chi connectivity index (χ4n) is 3.15. The van der Waals surface area contributed by atoms with Gasteiger partial charge in [-0.25, -0.2) is 0 Å². The molecule has 2 N–H and O–H groups in total. The molecule has 0 unspecified atom stereocenters. The number of aliphatic carboxylic acids is 2. The molecule has 2 aliphatic rings. The quantitative estimate of drug-likeness (QED) is 0.816. The molecule has 18 heavy (non-hydrogen) atoms. The van der Waals surface area contributed by atoms with E-state index in [0.717, 1.165) is 5.56 Å². The molecular formula is C12H13NO5. The molecule has 1 aromatic heterocycles. The molecule has 3 rings (SSSR count). The van der Waals surface area contributed by atoms with Gasteiger partial charge in [0.05, 0.1) is 23.4 Å². The van der Waals surface area contributed by atoms with Gasteiger partial charge in [-0.15, -0.1) is 0 Å². The minimum atomic E-state index is -1.09. The molecule has 0 spiro atoms. The molecule has 1 aliphatic carbocycles. The van der Waals surface area contributed by atoms with Gasteiger partial charge in [-0.1, -0.05) is 0 Å². The Hall–Kier alpha value is -1.82. The van der Waals surface area contributed by atoms with E-state index in [2.05, 4.69) is 0 Å². The van der Waals surface area contributed by atoms with E-state index in [4.69, 9.17) is 4.42 Å². The number of rotatable bonds is 4. The van der Waals surface area contributed by atoms with Crippen LogP contribution in [0, 0.1) is 10.8 Å². The van der Waals surface area contributed by atoms with Crippen LogP contribution in [0.25, 0.3) is 0 Å². The van der Waals surface area contributed by atoms with Crippen molar-refractivity contribution in [1.29, 1.82) is 0 Å². The fraction of sp³-hybridized carbons (Fsp3) is 0.500. The Morgan fingerprint density at radius 1 is 1.28 bits per heavy atom. The smallest absolute Gasteiger partial charge is 0.312 e. The molecule has 2 fully saturated rings. The van der Waals surface area contributed by atoms with E-state index in [9.17, 15) is 19.8 Å². The first-order valence-electron chi connectivity index (χ1n) is 5.70. The van der Waals surface area contributed by atoms with Crippen LogP contribution in [0.15, 0.2) is 23.0 Å². The molecule has 6 nitrogen and oxygen atoms in total. The van der Waals surface area contributed by atoms with Crippen molar-refractivity contribution in [3.8, 4) is 0 Å². The van der Waals surface area contributed by atoms with E-state index >= 15 is 0 Å². The molecule has 6 heteroatoms. The van der Waals surface area contributed by atoms with Crippen LogP contribution in [0.1, 0.15) is 12.0 Å². The number of carboxylic acid groups (broad SMARTS) is 2. The summed E-state index contributed by atoms with van der Waals surface area (Å²) in [6, 6.07) is 1.80. The first-order chi connectivity index (χ1) is 8.50. The second-order valence-electron chi connectivity index (χ2n) is 5.23. The Morgan fingerprint density at radius 3 is 2.33 bits per heavy atom. The van der Waals surface area contributed by atoms with Crippen molar-refractivity contribution >= 4 is 11.9 Å². The van der Waals surface area contributed by atoms with E-state index in [0.29, 0.717) is 19.6 Å². The first kappa shape index (κ1) is 11.3. The van der Waals surface area contributed by atoms with Crippen LogP contribution in [0.4, 0.5) is 0 Å². The SMILES string of the molecule is O=C(O)[C@@]12CN(Cc3ccoc3)C[C@]1(C(=O)O)C2. The van der Waals surface area contributed by atoms with Crippen LogP contribution in [0.3, 0.4) is 0 Å². The Balaban J connectivity index is 1.80. The lowest BCUT2D eigenvalue weighted by Crippen LogP contribution is -2.28. The van der Waals surface area contributed by atoms with E-state index in [1.54, 1.807) is 18.6 Å². The van der Waals surface area contributed by atoms with Gasteiger partial charge in [-0.3, -0.25) is 14.5 Å². The molecule has 0 amide bonds. The average Bonchev–Trinajstić information content (AvgIpc) is 2.65. The topological polar surface area (TPSA) is 91.0 Å². The molecule has 1 saturated carbocycles.